The van der Waals surface area contributed by atoms with Crippen molar-refractivity contribution in [3.05, 3.63) is 0 Å². The zero-order valence-corrected chi connectivity index (χ0v) is 26.9. The van der Waals surface area contributed by atoms with Gasteiger partial charge in [-0.3, -0.25) is 9.59 Å². The van der Waals surface area contributed by atoms with Crippen molar-refractivity contribution in [2.45, 2.75) is 200 Å². The Morgan fingerprint density at radius 2 is 0.775 bits per heavy atom. The van der Waals surface area contributed by atoms with E-state index in [1.807, 2.05) is 0 Å². The third-order valence-electron chi connectivity index (χ3n) is 7.90. The minimum atomic E-state index is -0.759. The normalized spacial score (nSPS) is 12.0. The van der Waals surface area contributed by atoms with Gasteiger partial charge in [-0.05, 0) is 12.8 Å². The highest BCUT2D eigenvalue weighted by Gasteiger charge is 2.16. The van der Waals surface area contributed by atoms with Gasteiger partial charge in [-0.15, -0.1) is 0 Å². The standard InChI is InChI=1S/C35H68O5/c1-3-5-7-9-11-12-13-14-15-16-17-18-19-20-21-22-24-26-28-30-35(38)40-33(31-36)32-39-34(37)29-27-25-23-10-8-6-4-2/h33,36H,3-32H2,1-2H3/t33-/m0/s1. The van der Waals surface area contributed by atoms with Crippen LogP contribution in [0.3, 0.4) is 0 Å². The van der Waals surface area contributed by atoms with E-state index in [1.165, 1.54) is 128 Å². The van der Waals surface area contributed by atoms with Gasteiger partial charge < -0.3 is 14.6 Å². The molecule has 0 rings (SSSR count). The van der Waals surface area contributed by atoms with Crippen LogP contribution in [0.4, 0.5) is 0 Å². The van der Waals surface area contributed by atoms with E-state index >= 15 is 0 Å². The van der Waals surface area contributed by atoms with Crippen LogP contribution in [0, 0.1) is 0 Å². The minimum Gasteiger partial charge on any atom is -0.462 e. The monoisotopic (exact) mass is 569 g/mol. The molecule has 238 valence electrons. The Balaban J connectivity index is 3.45. The van der Waals surface area contributed by atoms with Gasteiger partial charge >= 0.3 is 11.9 Å². The fraction of sp³-hybridized carbons (Fsp3) is 0.943. The zero-order chi connectivity index (χ0) is 29.4. The number of aliphatic hydroxyl groups excluding tert-OH is 1. The van der Waals surface area contributed by atoms with Crippen LogP contribution in [0.25, 0.3) is 0 Å². The van der Waals surface area contributed by atoms with Crippen molar-refractivity contribution in [2.24, 2.45) is 0 Å². The van der Waals surface area contributed by atoms with Crippen LogP contribution < -0.4 is 0 Å². The highest BCUT2D eigenvalue weighted by atomic mass is 16.6. The molecule has 0 aliphatic carbocycles. The Morgan fingerprint density at radius 1 is 0.475 bits per heavy atom. The first-order valence-electron chi connectivity index (χ1n) is 17.6. The van der Waals surface area contributed by atoms with Gasteiger partial charge in [0.25, 0.3) is 0 Å². The summed E-state index contributed by atoms with van der Waals surface area (Å²) in [6.45, 7) is 4.10. The number of carbonyl (C=O) groups is 2. The highest BCUT2D eigenvalue weighted by molar-refractivity contribution is 5.70. The molecule has 0 aromatic heterocycles. The minimum absolute atomic E-state index is 0.0588. The van der Waals surface area contributed by atoms with Crippen LogP contribution in [0.1, 0.15) is 194 Å². The fourth-order valence-electron chi connectivity index (χ4n) is 5.20. The van der Waals surface area contributed by atoms with E-state index in [0.29, 0.717) is 12.8 Å². The maximum atomic E-state index is 12.1. The number of esters is 2. The molecule has 0 saturated carbocycles. The lowest BCUT2D eigenvalue weighted by atomic mass is 10.0. The molecule has 40 heavy (non-hydrogen) atoms. The number of rotatable bonds is 32. The molecule has 0 saturated heterocycles. The Bertz CT molecular complexity index is 536. The van der Waals surface area contributed by atoms with Gasteiger partial charge in [-0.25, -0.2) is 0 Å². The molecule has 5 nitrogen and oxygen atoms in total. The van der Waals surface area contributed by atoms with E-state index in [1.54, 1.807) is 0 Å². The number of unbranched alkanes of at least 4 members (excludes halogenated alkanes) is 24. The Hall–Kier alpha value is -1.10. The molecular weight excluding hydrogens is 500 g/mol. The molecule has 0 unspecified atom stereocenters. The Morgan fingerprint density at radius 3 is 1.10 bits per heavy atom. The number of aliphatic hydroxyl groups is 1. The molecule has 0 bridgehead atoms. The van der Waals surface area contributed by atoms with Crippen molar-refractivity contribution in [1.82, 2.24) is 0 Å². The first kappa shape index (κ1) is 38.9. The molecule has 0 amide bonds. The average molecular weight is 569 g/mol. The summed E-state index contributed by atoms with van der Waals surface area (Å²) < 4.78 is 10.5. The number of hydrogen-bond acceptors (Lipinski definition) is 5. The summed E-state index contributed by atoms with van der Waals surface area (Å²) in [5.74, 6) is -0.587. The summed E-state index contributed by atoms with van der Waals surface area (Å²) in [7, 11) is 0. The number of hydrogen-bond donors (Lipinski definition) is 1. The summed E-state index contributed by atoms with van der Waals surface area (Å²) in [4.78, 5) is 24.0. The highest BCUT2D eigenvalue weighted by Crippen LogP contribution is 2.15. The van der Waals surface area contributed by atoms with E-state index in [9.17, 15) is 14.7 Å². The predicted molar refractivity (Wildman–Crippen MR) is 169 cm³/mol. The first-order valence-corrected chi connectivity index (χ1v) is 17.6. The summed E-state index contributed by atoms with van der Waals surface area (Å²) in [6.07, 6.45) is 33.2. The van der Waals surface area contributed by atoms with Crippen LogP contribution in [-0.4, -0.2) is 36.4 Å². The molecular formula is C35H68O5. The summed E-state index contributed by atoms with van der Waals surface area (Å²) >= 11 is 0. The molecule has 5 heteroatoms. The summed E-state index contributed by atoms with van der Waals surface area (Å²) in [5.41, 5.74) is 0. The number of carbonyl (C=O) groups excluding carboxylic acids is 2. The predicted octanol–water partition coefficient (Wildman–Crippen LogP) is 10.4. The molecule has 0 aliphatic heterocycles. The maximum Gasteiger partial charge on any atom is 0.306 e. The molecule has 0 aliphatic rings. The quantitative estimate of drug-likeness (QED) is 0.0645. The van der Waals surface area contributed by atoms with Crippen molar-refractivity contribution >= 4 is 11.9 Å². The van der Waals surface area contributed by atoms with Gasteiger partial charge in [0.1, 0.15) is 6.61 Å². The van der Waals surface area contributed by atoms with Crippen LogP contribution in [-0.2, 0) is 19.1 Å². The van der Waals surface area contributed by atoms with Gasteiger partial charge in [0.05, 0.1) is 6.61 Å². The van der Waals surface area contributed by atoms with Gasteiger partial charge in [0.15, 0.2) is 6.10 Å². The molecule has 0 aromatic rings. The van der Waals surface area contributed by atoms with Crippen molar-refractivity contribution in [1.29, 1.82) is 0 Å². The second-order valence-electron chi connectivity index (χ2n) is 12.0. The summed E-state index contributed by atoms with van der Waals surface area (Å²) in [6, 6.07) is 0. The van der Waals surface area contributed by atoms with Crippen LogP contribution in [0.2, 0.25) is 0 Å². The first-order chi connectivity index (χ1) is 19.6. The average Bonchev–Trinajstić information content (AvgIpc) is 2.96. The van der Waals surface area contributed by atoms with Gasteiger partial charge in [-0.1, -0.05) is 168 Å². The van der Waals surface area contributed by atoms with Gasteiger partial charge in [0, 0.05) is 12.8 Å². The Labute approximate surface area is 248 Å². The molecule has 0 aromatic carbocycles. The second kappa shape index (κ2) is 32.4. The lowest BCUT2D eigenvalue weighted by molar-refractivity contribution is -0.161. The zero-order valence-electron chi connectivity index (χ0n) is 26.9. The van der Waals surface area contributed by atoms with Crippen molar-refractivity contribution < 1.29 is 24.2 Å². The van der Waals surface area contributed by atoms with Crippen LogP contribution in [0.15, 0.2) is 0 Å². The third-order valence-corrected chi connectivity index (χ3v) is 7.90. The van der Waals surface area contributed by atoms with Gasteiger partial charge in [-0.2, -0.15) is 0 Å². The van der Waals surface area contributed by atoms with Crippen LogP contribution >= 0.6 is 0 Å². The largest absolute Gasteiger partial charge is 0.462 e. The maximum absolute atomic E-state index is 12.1. The van der Waals surface area contributed by atoms with Crippen molar-refractivity contribution in [3.8, 4) is 0 Å². The lowest BCUT2D eigenvalue weighted by Gasteiger charge is -2.15. The van der Waals surface area contributed by atoms with E-state index in [-0.39, 0.29) is 25.2 Å². The molecule has 1 atom stereocenters. The van der Waals surface area contributed by atoms with Crippen molar-refractivity contribution in [2.75, 3.05) is 13.2 Å². The Kier molecular flexibility index (Phi) is 31.5. The van der Waals surface area contributed by atoms with Crippen LogP contribution in [0.5, 0.6) is 0 Å². The SMILES string of the molecule is CCCCCCCCCCCCCCCCCCCCCC(=O)O[C@@H](CO)COC(=O)CCCCCCCCC. The van der Waals surface area contributed by atoms with Crippen molar-refractivity contribution in [3.63, 3.8) is 0 Å². The third kappa shape index (κ3) is 29.9. The smallest absolute Gasteiger partial charge is 0.306 e. The van der Waals surface area contributed by atoms with E-state index in [0.717, 1.165) is 38.5 Å². The van der Waals surface area contributed by atoms with Gasteiger partial charge in [0.2, 0.25) is 0 Å². The van der Waals surface area contributed by atoms with E-state index < -0.39 is 6.10 Å². The summed E-state index contributed by atoms with van der Waals surface area (Å²) in [5, 5.41) is 9.47. The fourth-order valence-corrected chi connectivity index (χ4v) is 5.20. The topological polar surface area (TPSA) is 72.8 Å². The second-order valence-corrected chi connectivity index (χ2v) is 12.0. The molecule has 1 N–H and O–H groups in total. The molecule has 0 spiro atoms. The van der Waals surface area contributed by atoms with E-state index in [4.69, 9.17) is 9.47 Å². The molecule has 0 radical (unpaired) electrons. The number of ether oxygens (including phenoxy) is 2. The molecule has 0 heterocycles. The molecule has 0 fully saturated rings. The lowest BCUT2D eigenvalue weighted by Crippen LogP contribution is -2.28. The van der Waals surface area contributed by atoms with E-state index in [2.05, 4.69) is 13.8 Å².